The Morgan fingerprint density at radius 3 is 2.67 bits per heavy atom. The Balaban J connectivity index is 2.18. The quantitative estimate of drug-likeness (QED) is 0.384. The lowest BCUT2D eigenvalue weighted by atomic mass is 10.1. The van der Waals surface area contributed by atoms with Crippen molar-refractivity contribution in [1.82, 2.24) is 0 Å². The number of amides is 2. The van der Waals surface area contributed by atoms with Crippen LogP contribution < -0.4 is 26.7 Å². The molecular weight excluding hydrogens is 368 g/mol. The molecule has 0 fully saturated rings. The third-order valence-electron chi connectivity index (χ3n) is 3.67. The number of carbonyl (C=O) groups is 2. The fourth-order valence-electron chi connectivity index (χ4n) is 2.38. The highest BCUT2D eigenvalue weighted by molar-refractivity contribution is 7.19. The number of hydrogen-bond donors (Lipinski definition) is 4. The van der Waals surface area contributed by atoms with Gasteiger partial charge < -0.3 is 16.4 Å². The second kappa shape index (κ2) is 9.74. The zero-order valence-corrected chi connectivity index (χ0v) is 16.0. The Labute approximate surface area is 160 Å². The minimum atomic E-state index is -0.414. The summed E-state index contributed by atoms with van der Waals surface area (Å²) in [5, 5.41) is 12.2. The van der Waals surface area contributed by atoms with Crippen molar-refractivity contribution in [1.29, 1.82) is 0 Å². The number of thiazole rings is 1. The van der Waals surface area contributed by atoms with Gasteiger partial charge in [0, 0.05) is 26.1 Å². The van der Waals surface area contributed by atoms with Gasteiger partial charge in [0.15, 0.2) is 0 Å². The monoisotopic (exact) mass is 391 g/mol. The van der Waals surface area contributed by atoms with E-state index in [1.165, 1.54) is 6.92 Å². The molecule has 0 spiro atoms. The van der Waals surface area contributed by atoms with Crippen LogP contribution in [0.4, 0.5) is 21.5 Å². The molecule has 2 aromatic rings. The Morgan fingerprint density at radius 1 is 1.26 bits per heavy atom. The lowest BCUT2D eigenvalue weighted by Gasteiger charge is -2.11. The SMILES string of the molecule is CC(=O)Nc1cc(NCCCCN)ccc1C(=O)Nc1[nH+]c(C)c(N=O)s1. The third-order valence-corrected chi connectivity index (χ3v) is 4.65. The molecule has 27 heavy (non-hydrogen) atoms. The first kappa shape index (κ1) is 20.5. The average molecular weight is 391 g/mol. The molecule has 0 bridgehead atoms. The summed E-state index contributed by atoms with van der Waals surface area (Å²) in [7, 11) is 0. The van der Waals surface area contributed by atoms with Crippen molar-refractivity contribution in [3.05, 3.63) is 34.4 Å². The van der Waals surface area contributed by atoms with E-state index in [1.807, 2.05) is 0 Å². The van der Waals surface area contributed by atoms with E-state index in [2.05, 4.69) is 26.1 Å². The number of nitrogens with one attached hydrogen (secondary N) is 4. The lowest BCUT2D eigenvalue weighted by Crippen LogP contribution is -2.20. The van der Waals surface area contributed by atoms with E-state index in [-0.39, 0.29) is 10.9 Å². The van der Waals surface area contributed by atoms with Crippen LogP contribution >= 0.6 is 11.3 Å². The molecule has 10 heteroatoms. The molecule has 0 aliphatic carbocycles. The van der Waals surface area contributed by atoms with Crippen LogP contribution in [0.15, 0.2) is 23.4 Å². The lowest BCUT2D eigenvalue weighted by molar-refractivity contribution is -0.363. The number of unbranched alkanes of at least 4 members (excludes halogenated alkanes) is 1. The number of rotatable bonds is 9. The summed E-state index contributed by atoms with van der Waals surface area (Å²) in [4.78, 5) is 37.7. The van der Waals surface area contributed by atoms with Gasteiger partial charge in [0.2, 0.25) is 10.9 Å². The van der Waals surface area contributed by atoms with Crippen LogP contribution in [0.3, 0.4) is 0 Å². The van der Waals surface area contributed by atoms with Crippen LogP contribution in [0, 0.1) is 11.8 Å². The predicted octanol–water partition coefficient (Wildman–Crippen LogP) is 2.63. The van der Waals surface area contributed by atoms with Crippen molar-refractivity contribution in [2.75, 3.05) is 29.0 Å². The summed E-state index contributed by atoms with van der Waals surface area (Å²) in [6.07, 6.45) is 1.84. The number of anilines is 3. The number of nitrogens with zero attached hydrogens (tertiary/aromatic N) is 1. The van der Waals surface area contributed by atoms with E-state index in [1.54, 1.807) is 25.1 Å². The molecule has 0 saturated heterocycles. The molecule has 0 aliphatic heterocycles. The zero-order valence-electron chi connectivity index (χ0n) is 15.2. The predicted molar refractivity (Wildman–Crippen MR) is 107 cm³/mol. The molecule has 0 unspecified atom stereocenters. The van der Waals surface area contributed by atoms with E-state index in [0.29, 0.717) is 28.6 Å². The van der Waals surface area contributed by atoms with Gasteiger partial charge in [0.1, 0.15) is 5.69 Å². The summed E-state index contributed by atoms with van der Waals surface area (Å²) < 4.78 is 0. The van der Waals surface area contributed by atoms with Gasteiger partial charge in [-0.25, -0.2) is 9.78 Å². The number of hydrogen-bond acceptors (Lipinski definition) is 7. The smallest absolute Gasteiger partial charge is 0.341 e. The molecule has 1 aromatic carbocycles. The van der Waals surface area contributed by atoms with Gasteiger partial charge in [-0.05, 0) is 54.1 Å². The van der Waals surface area contributed by atoms with Gasteiger partial charge in [-0.2, -0.15) is 5.32 Å². The Morgan fingerprint density at radius 2 is 2.04 bits per heavy atom. The summed E-state index contributed by atoms with van der Waals surface area (Å²) in [6.45, 7) is 4.45. The molecule has 2 rings (SSSR count). The maximum absolute atomic E-state index is 12.6. The first-order valence-corrected chi connectivity index (χ1v) is 9.29. The largest absolute Gasteiger partial charge is 0.385 e. The average Bonchev–Trinajstić information content (AvgIpc) is 2.97. The van der Waals surface area contributed by atoms with Crippen LogP contribution in [0.2, 0.25) is 0 Å². The van der Waals surface area contributed by atoms with Crippen LogP contribution in [-0.4, -0.2) is 24.9 Å². The van der Waals surface area contributed by atoms with Crippen LogP contribution in [-0.2, 0) is 4.79 Å². The summed E-state index contributed by atoms with van der Waals surface area (Å²) in [6, 6.07) is 5.11. The normalized spacial score (nSPS) is 10.3. The highest BCUT2D eigenvalue weighted by Gasteiger charge is 2.21. The number of H-pyrrole nitrogens is 1. The van der Waals surface area contributed by atoms with Crippen molar-refractivity contribution < 1.29 is 14.6 Å². The standard InChI is InChI=1S/C17H22N6O3S/c1-10-16(23-26)27-17(20-10)22-15(25)13-6-5-12(19-8-4-3-7-18)9-14(13)21-11(2)24/h5-6,9,19H,3-4,7-8,18H2,1-2H3,(H,21,24)(H,20,22,25)/p+1. The molecule has 144 valence electrons. The second-order valence-electron chi connectivity index (χ2n) is 5.90. The van der Waals surface area contributed by atoms with Crippen LogP contribution in [0.1, 0.15) is 35.8 Å². The maximum atomic E-state index is 12.6. The molecule has 9 nitrogen and oxygen atoms in total. The minimum absolute atomic E-state index is 0.268. The zero-order chi connectivity index (χ0) is 19.8. The Bertz CT molecular complexity index is 836. The van der Waals surface area contributed by atoms with Gasteiger partial charge in [0.05, 0.1) is 11.3 Å². The number of nitroso groups, excluding NO2 is 1. The number of aromatic nitrogens is 1. The van der Waals surface area contributed by atoms with Crippen LogP contribution in [0.25, 0.3) is 0 Å². The van der Waals surface area contributed by atoms with Crippen molar-refractivity contribution >= 4 is 44.7 Å². The third kappa shape index (κ3) is 5.83. The van der Waals surface area contributed by atoms with Gasteiger partial charge in [-0.1, -0.05) is 0 Å². The van der Waals surface area contributed by atoms with Crippen molar-refractivity contribution in [2.45, 2.75) is 26.7 Å². The number of carbonyl (C=O) groups excluding carboxylic acids is 2. The second-order valence-corrected chi connectivity index (χ2v) is 6.89. The fraction of sp³-hybridized carbons (Fsp3) is 0.353. The van der Waals surface area contributed by atoms with E-state index in [9.17, 15) is 14.5 Å². The van der Waals surface area contributed by atoms with Gasteiger partial charge in [-0.3, -0.25) is 4.79 Å². The molecule has 0 aliphatic rings. The molecule has 0 radical (unpaired) electrons. The van der Waals surface area contributed by atoms with Crippen LogP contribution in [0.5, 0.6) is 0 Å². The molecule has 6 N–H and O–H groups in total. The summed E-state index contributed by atoms with van der Waals surface area (Å²) in [5.41, 5.74) is 7.54. The number of aromatic amines is 1. The van der Waals surface area contributed by atoms with E-state index < -0.39 is 5.91 Å². The maximum Gasteiger partial charge on any atom is 0.341 e. The molecular formula is C17H23N6O3S+. The molecule has 0 saturated carbocycles. The topological polar surface area (TPSA) is 140 Å². The molecule has 1 aromatic heterocycles. The molecule has 2 amide bonds. The van der Waals surface area contributed by atoms with Crippen molar-refractivity contribution in [2.24, 2.45) is 10.9 Å². The highest BCUT2D eigenvalue weighted by atomic mass is 32.1. The van der Waals surface area contributed by atoms with Gasteiger partial charge in [0.25, 0.3) is 0 Å². The number of nitrogens with two attached hydrogens (primary N) is 1. The number of aryl methyl sites for hydroxylation is 1. The van der Waals surface area contributed by atoms with Crippen molar-refractivity contribution in [3.8, 4) is 0 Å². The van der Waals surface area contributed by atoms with Gasteiger partial charge in [-0.15, -0.1) is 4.91 Å². The Hall–Kier alpha value is -2.85. The molecule has 0 atom stereocenters. The minimum Gasteiger partial charge on any atom is -0.385 e. The van der Waals surface area contributed by atoms with E-state index in [4.69, 9.17) is 5.73 Å². The first-order valence-electron chi connectivity index (χ1n) is 8.47. The number of benzene rings is 1. The van der Waals surface area contributed by atoms with E-state index in [0.717, 1.165) is 36.4 Å². The fourth-order valence-corrected chi connectivity index (χ4v) is 3.17. The highest BCUT2D eigenvalue weighted by Crippen LogP contribution is 2.28. The molecule has 1 heterocycles. The Kier molecular flexibility index (Phi) is 7.38. The van der Waals surface area contributed by atoms with E-state index >= 15 is 0 Å². The summed E-state index contributed by atoms with van der Waals surface area (Å²) >= 11 is 1.04. The van der Waals surface area contributed by atoms with Gasteiger partial charge >= 0.3 is 11.0 Å². The summed E-state index contributed by atoms with van der Waals surface area (Å²) in [5.74, 6) is -0.696. The van der Waals surface area contributed by atoms with Crippen molar-refractivity contribution in [3.63, 3.8) is 0 Å². The first-order chi connectivity index (χ1) is 12.9.